The number of amides is 1. The molecule has 2 aromatic carbocycles. The van der Waals surface area contributed by atoms with Crippen molar-refractivity contribution in [2.75, 3.05) is 20.2 Å². The second-order valence-corrected chi connectivity index (χ2v) is 7.39. The van der Waals surface area contributed by atoms with E-state index in [1.807, 2.05) is 35.2 Å². The van der Waals surface area contributed by atoms with E-state index >= 15 is 0 Å². The van der Waals surface area contributed by atoms with E-state index in [9.17, 15) is 4.79 Å². The van der Waals surface area contributed by atoms with Crippen molar-refractivity contribution in [1.29, 1.82) is 0 Å². The van der Waals surface area contributed by atoms with E-state index in [-0.39, 0.29) is 17.9 Å². The largest absolute Gasteiger partial charge is 0.497 e. The van der Waals surface area contributed by atoms with E-state index in [1.165, 1.54) is 11.1 Å². The number of hydrogen-bond acceptors (Lipinski definition) is 3. The predicted octanol–water partition coefficient (Wildman–Crippen LogP) is 3.75. The molecule has 0 bridgehead atoms. The SMILES string of the molecule is COc1ccc(CCCCCC(=O)N2C[C@@H](N)[C@H](c3ccccc3)C2)cc1. The lowest BCUT2D eigenvalue weighted by Gasteiger charge is -2.16. The van der Waals surface area contributed by atoms with Gasteiger partial charge in [0, 0.05) is 31.5 Å². The molecule has 3 rings (SSSR count). The number of carbonyl (C=O) groups is 1. The number of aryl methyl sites for hydroxylation is 1. The fraction of sp³-hybridized carbons (Fsp3) is 0.435. The number of benzene rings is 2. The van der Waals surface area contributed by atoms with Crippen molar-refractivity contribution in [1.82, 2.24) is 4.90 Å². The normalized spacial score (nSPS) is 19.3. The highest BCUT2D eigenvalue weighted by atomic mass is 16.5. The van der Waals surface area contributed by atoms with E-state index < -0.39 is 0 Å². The Morgan fingerprint density at radius 3 is 2.48 bits per heavy atom. The van der Waals surface area contributed by atoms with Crippen molar-refractivity contribution in [3.05, 3.63) is 65.7 Å². The summed E-state index contributed by atoms with van der Waals surface area (Å²) in [6.07, 6.45) is 4.78. The number of rotatable bonds is 8. The molecule has 1 saturated heterocycles. The summed E-state index contributed by atoms with van der Waals surface area (Å²) in [5.74, 6) is 1.39. The van der Waals surface area contributed by atoms with Crippen molar-refractivity contribution < 1.29 is 9.53 Å². The second kappa shape index (κ2) is 9.56. The van der Waals surface area contributed by atoms with Crippen molar-refractivity contribution in [3.8, 4) is 5.75 Å². The maximum atomic E-state index is 12.5. The van der Waals surface area contributed by atoms with Crippen molar-refractivity contribution in [2.45, 2.75) is 44.1 Å². The topological polar surface area (TPSA) is 55.6 Å². The van der Waals surface area contributed by atoms with Gasteiger partial charge in [0.05, 0.1) is 7.11 Å². The lowest BCUT2D eigenvalue weighted by Crippen LogP contribution is -2.32. The maximum Gasteiger partial charge on any atom is 0.222 e. The van der Waals surface area contributed by atoms with E-state index in [0.29, 0.717) is 13.0 Å². The molecule has 2 atom stereocenters. The molecule has 1 aliphatic rings. The molecule has 2 N–H and O–H groups in total. The molecule has 0 radical (unpaired) electrons. The van der Waals surface area contributed by atoms with Crippen molar-refractivity contribution in [3.63, 3.8) is 0 Å². The summed E-state index contributed by atoms with van der Waals surface area (Å²) < 4.78 is 5.18. The fourth-order valence-corrected chi connectivity index (χ4v) is 3.82. The van der Waals surface area contributed by atoms with Crippen LogP contribution in [0.4, 0.5) is 0 Å². The molecule has 0 saturated carbocycles. The third-order valence-corrected chi connectivity index (χ3v) is 5.46. The molecule has 0 unspecified atom stereocenters. The number of ether oxygens (including phenoxy) is 1. The highest BCUT2D eigenvalue weighted by Crippen LogP contribution is 2.27. The molecule has 1 amide bonds. The van der Waals surface area contributed by atoms with Crippen molar-refractivity contribution >= 4 is 5.91 Å². The van der Waals surface area contributed by atoms with E-state index in [0.717, 1.165) is 38.0 Å². The lowest BCUT2D eigenvalue weighted by atomic mass is 9.95. The minimum Gasteiger partial charge on any atom is -0.497 e. The highest BCUT2D eigenvalue weighted by molar-refractivity contribution is 5.76. The van der Waals surface area contributed by atoms with Crippen LogP contribution in [0, 0.1) is 0 Å². The summed E-state index contributed by atoms with van der Waals surface area (Å²) >= 11 is 0. The minimum atomic E-state index is 0.0337. The molecule has 1 fully saturated rings. The van der Waals surface area contributed by atoms with Crippen LogP contribution in [0.5, 0.6) is 5.75 Å². The van der Waals surface area contributed by atoms with Gasteiger partial charge in [0.15, 0.2) is 0 Å². The monoisotopic (exact) mass is 366 g/mol. The summed E-state index contributed by atoms with van der Waals surface area (Å²) in [4.78, 5) is 14.5. The lowest BCUT2D eigenvalue weighted by molar-refractivity contribution is -0.130. The van der Waals surface area contributed by atoms with Crippen molar-refractivity contribution in [2.24, 2.45) is 5.73 Å². The van der Waals surface area contributed by atoms with Gasteiger partial charge in [0.1, 0.15) is 5.75 Å². The predicted molar refractivity (Wildman–Crippen MR) is 109 cm³/mol. The Morgan fingerprint density at radius 1 is 1.04 bits per heavy atom. The van der Waals surface area contributed by atoms with Crippen LogP contribution in [-0.4, -0.2) is 37.0 Å². The quantitative estimate of drug-likeness (QED) is 0.724. The molecule has 27 heavy (non-hydrogen) atoms. The summed E-state index contributed by atoms with van der Waals surface area (Å²) in [6.45, 7) is 1.42. The number of hydrogen-bond donors (Lipinski definition) is 1. The van der Waals surface area contributed by atoms with Gasteiger partial charge in [-0.15, -0.1) is 0 Å². The Labute approximate surface area is 162 Å². The number of nitrogens with two attached hydrogens (primary N) is 1. The molecule has 4 heteroatoms. The average molecular weight is 367 g/mol. The number of unbranched alkanes of at least 4 members (excludes halogenated alkanes) is 2. The Kier molecular flexibility index (Phi) is 6.88. The van der Waals surface area contributed by atoms with Crippen LogP contribution in [0.15, 0.2) is 54.6 Å². The molecule has 144 valence electrons. The van der Waals surface area contributed by atoms with Gasteiger partial charge in [-0.25, -0.2) is 0 Å². The second-order valence-electron chi connectivity index (χ2n) is 7.39. The zero-order chi connectivity index (χ0) is 19.1. The minimum absolute atomic E-state index is 0.0337. The third kappa shape index (κ3) is 5.33. The molecule has 0 spiro atoms. The molecule has 0 aromatic heterocycles. The van der Waals surface area contributed by atoms with Crippen LogP contribution in [0.2, 0.25) is 0 Å². The molecule has 2 aromatic rings. The zero-order valence-corrected chi connectivity index (χ0v) is 16.1. The van der Waals surface area contributed by atoms with Crippen LogP contribution in [-0.2, 0) is 11.2 Å². The molecule has 1 aliphatic heterocycles. The van der Waals surface area contributed by atoms with E-state index in [4.69, 9.17) is 10.5 Å². The number of carbonyl (C=O) groups excluding carboxylic acids is 1. The molecule has 1 heterocycles. The number of likely N-dealkylation sites (tertiary alicyclic amines) is 1. The molecular weight excluding hydrogens is 336 g/mol. The smallest absolute Gasteiger partial charge is 0.222 e. The first-order chi connectivity index (χ1) is 13.2. The van der Waals surface area contributed by atoms with E-state index in [1.54, 1.807) is 7.11 Å². The van der Waals surface area contributed by atoms with Crippen LogP contribution in [0.3, 0.4) is 0 Å². The van der Waals surface area contributed by atoms with Crippen LogP contribution in [0.25, 0.3) is 0 Å². The zero-order valence-electron chi connectivity index (χ0n) is 16.1. The summed E-state index contributed by atoms with van der Waals surface area (Å²) in [5.41, 5.74) is 8.85. The summed E-state index contributed by atoms with van der Waals surface area (Å²) in [7, 11) is 1.68. The van der Waals surface area contributed by atoms with Gasteiger partial charge in [0.2, 0.25) is 5.91 Å². The van der Waals surface area contributed by atoms with Crippen LogP contribution in [0.1, 0.15) is 42.7 Å². The standard InChI is InChI=1S/C23H30N2O2/c1-27-20-14-12-18(13-15-20)8-4-2-7-11-23(26)25-16-21(22(24)17-25)19-9-5-3-6-10-19/h3,5-6,9-10,12-15,21-22H,2,4,7-8,11,16-17,24H2,1H3/t21-,22+/m0/s1. The molecule has 4 nitrogen and oxygen atoms in total. The third-order valence-electron chi connectivity index (χ3n) is 5.46. The first kappa shape index (κ1) is 19.4. The Hall–Kier alpha value is -2.33. The van der Waals surface area contributed by atoms with Gasteiger partial charge >= 0.3 is 0 Å². The average Bonchev–Trinajstić information content (AvgIpc) is 3.10. The Bertz CT molecular complexity index is 715. The molecule has 0 aliphatic carbocycles. The highest BCUT2D eigenvalue weighted by Gasteiger charge is 2.33. The summed E-state index contributed by atoms with van der Waals surface area (Å²) in [5, 5.41) is 0. The van der Waals surface area contributed by atoms with Gasteiger partial charge in [0.25, 0.3) is 0 Å². The number of nitrogens with zero attached hydrogens (tertiary/aromatic N) is 1. The first-order valence-electron chi connectivity index (χ1n) is 9.88. The van der Waals surface area contributed by atoms with Gasteiger partial charge in [-0.2, -0.15) is 0 Å². The van der Waals surface area contributed by atoms with Gasteiger partial charge in [-0.3, -0.25) is 4.79 Å². The van der Waals surface area contributed by atoms with Gasteiger partial charge in [-0.05, 0) is 42.5 Å². The number of methoxy groups -OCH3 is 1. The van der Waals surface area contributed by atoms with Crippen LogP contribution < -0.4 is 10.5 Å². The van der Waals surface area contributed by atoms with E-state index in [2.05, 4.69) is 24.3 Å². The maximum absolute atomic E-state index is 12.5. The van der Waals surface area contributed by atoms with Crippen LogP contribution >= 0.6 is 0 Å². The fourth-order valence-electron chi connectivity index (χ4n) is 3.82. The molecular formula is C23H30N2O2. The first-order valence-corrected chi connectivity index (χ1v) is 9.88. The van der Waals surface area contributed by atoms with Gasteiger partial charge < -0.3 is 15.4 Å². The Morgan fingerprint density at radius 2 is 1.78 bits per heavy atom. The summed E-state index contributed by atoms with van der Waals surface area (Å²) in [6, 6.07) is 18.6. The van der Waals surface area contributed by atoms with Gasteiger partial charge in [-0.1, -0.05) is 48.9 Å². The Balaban J connectivity index is 1.37.